The van der Waals surface area contributed by atoms with Crippen LogP contribution in [0.2, 0.25) is 0 Å². The van der Waals surface area contributed by atoms with E-state index in [9.17, 15) is 9.59 Å². The van der Waals surface area contributed by atoms with Gasteiger partial charge in [-0.3, -0.25) is 4.79 Å². The smallest absolute Gasteiger partial charge is 0.335 e. The third-order valence-corrected chi connectivity index (χ3v) is 1.36. The molecule has 4 nitrogen and oxygen atoms in total. The summed E-state index contributed by atoms with van der Waals surface area (Å²) in [5.41, 5.74) is 0.163. The summed E-state index contributed by atoms with van der Waals surface area (Å²) in [5.74, 6) is -1.09. The standard InChI is InChI=1S/C9H8O4.C3H8/c1-6(10)13-8-4-2-7(3-5-8)9(11)12;1-3-2/h2-5H,1H3,(H,11,12);3H2,1-2H3. The Morgan fingerprint density at radius 3 is 1.94 bits per heavy atom. The Morgan fingerprint density at radius 2 is 1.62 bits per heavy atom. The predicted molar refractivity (Wildman–Crippen MR) is 60.7 cm³/mol. The van der Waals surface area contributed by atoms with E-state index in [0.29, 0.717) is 5.75 Å². The lowest BCUT2D eigenvalue weighted by atomic mass is 10.2. The number of aromatic carboxylic acids is 1. The molecular formula is C12H16O4. The van der Waals surface area contributed by atoms with Crippen LogP contribution in [0.4, 0.5) is 0 Å². The highest BCUT2D eigenvalue weighted by atomic mass is 16.5. The topological polar surface area (TPSA) is 63.6 Å². The molecule has 0 atom stereocenters. The van der Waals surface area contributed by atoms with Crippen LogP contribution in [-0.4, -0.2) is 17.0 Å². The summed E-state index contributed by atoms with van der Waals surface area (Å²) in [4.78, 5) is 20.9. The van der Waals surface area contributed by atoms with E-state index < -0.39 is 11.9 Å². The molecule has 0 spiro atoms. The minimum absolute atomic E-state index is 0.163. The SMILES string of the molecule is CC(=O)Oc1ccc(C(=O)O)cc1.CCC. The maximum Gasteiger partial charge on any atom is 0.335 e. The van der Waals surface area contributed by atoms with Crippen molar-refractivity contribution in [2.75, 3.05) is 0 Å². The highest BCUT2D eigenvalue weighted by molar-refractivity contribution is 5.87. The fourth-order valence-corrected chi connectivity index (χ4v) is 0.832. The monoisotopic (exact) mass is 224 g/mol. The zero-order chi connectivity index (χ0) is 12.6. The van der Waals surface area contributed by atoms with Crippen molar-refractivity contribution >= 4 is 11.9 Å². The molecule has 0 aliphatic heterocycles. The summed E-state index contributed by atoms with van der Waals surface area (Å²) >= 11 is 0. The molecule has 0 aromatic heterocycles. The van der Waals surface area contributed by atoms with Crippen molar-refractivity contribution in [3.63, 3.8) is 0 Å². The van der Waals surface area contributed by atoms with Gasteiger partial charge in [0.05, 0.1) is 5.56 Å². The molecule has 0 bridgehead atoms. The Labute approximate surface area is 94.9 Å². The van der Waals surface area contributed by atoms with Crippen LogP contribution in [0.1, 0.15) is 37.6 Å². The number of benzene rings is 1. The predicted octanol–water partition coefficient (Wildman–Crippen LogP) is 2.73. The number of esters is 1. The van der Waals surface area contributed by atoms with Crippen molar-refractivity contribution in [3.8, 4) is 5.75 Å². The highest BCUT2D eigenvalue weighted by Gasteiger charge is 2.02. The number of ether oxygens (including phenoxy) is 1. The van der Waals surface area contributed by atoms with Gasteiger partial charge in [-0.2, -0.15) is 0 Å². The summed E-state index contributed by atoms with van der Waals surface area (Å²) in [6.07, 6.45) is 1.25. The second-order valence-corrected chi connectivity index (χ2v) is 3.13. The quantitative estimate of drug-likeness (QED) is 0.619. The van der Waals surface area contributed by atoms with Gasteiger partial charge in [-0.25, -0.2) is 4.79 Å². The molecule has 0 unspecified atom stereocenters. The number of carboxylic acids is 1. The molecule has 0 aliphatic rings. The lowest BCUT2D eigenvalue weighted by Crippen LogP contribution is -2.02. The van der Waals surface area contributed by atoms with Crippen molar-refractivity contribution in [2.24, 2.45) is 0 Å². The summed E-state index contributed by atoms with van der Waals surface area (Å²) in [6.45, 7) is 5.53. The maximum absolute atomic E-state index is 10.5. The Bertz CT molecular complexity index is 341. The Morgan fingerprint density at radius 1 is 1.19 bits per heavy atom. The molecule has 16 heavy (non-hydrogen) atoms. The summed E-state index contributed by atoms with van der Waals surface area (Å²) in [7, 11) is 0. The first-order chi connectivity index (χ1) is 7.51. The Balaban J connectivity index is 0.000000673. The van der Waals surface area contributed by atoms with Gasteiger partial charge in [-0.15, -0.1) is 0 Å². The fourth-order valence-electron chi connectivity index (χ4n) is 0.832. The van der Waals surface area contributed by atoms with Gasteiger partial charge in [-0.1, -0.05) is 20.3 Å². The molecule has 0 radical (unpaired) electrons. The molecule has 1 aromatic carbocycles. The van der Waals surface area contributed by atoms with Gasteiger partial charge in [0.2, 0.25) is 0 Å². The normalized spacial score (nSPS) is 8.69. The lowest BCUT2D eigenvalue weighted by molar-refractivity contribution is -0.131. The van der Waals surface area contributed by atoms with Crippen LogP contribution in [0, 0.1) is 0 Å². The van der Waals surface area contributed by atoms with Crippen molar-refractivity contribution in [3.05, 3.63) is 29.8 Å². The number of carbonyl (C=O) groups excluding carboxylic acids is 1. The van der Waals surface area contributed by atoms with E-state index in [1.165, 1.54) is 37.6 Å². The van der Waals surface area contributed by atoms with E-state index in [-0.39, 0.29) is 5.56 Å². The summed E-state index contributed by atoms with van der Waals surface area (Å²) < 4.78 is 4.72. The molecule has 1 N–H and O–H groups in total. The lowest BCUT2D eigenvalue weighted by Gasteiger charge is -2.00. The van der Waals surface area contributed by atoms with E-state index in [2.05, 4.69) is 13.8 Å². The largest absolute Gasteiger partial charge is 0.478 e. The van der Waals surface area contributed by atoms with Crippen LogP contribution < -0.4 is 4.74 Å². The van der Waals surface area contributed by atoms with Gasteiger partial charge >= 0.3 is 11.9 Å². The number of hydrogen-bond acceptors (Lipinski definition) is 3. The van der Waals surface area contributed by atoms with Gasteiger partial charge in [0.1, 0.15) is 5.75 Å². The van der Waals surface area contributed by atoms with Gasteiger partial charge in [-0.05, 0) is 24.3 Å². The second kappa shape index (κ2) is 7.45. The molecule has 0 saturated heterocycles. The third kappa shape index (κ3) is 5.80. The second-order valence-electron chi connectivity index (χ2n) is 3.13. The molecular weight excluding hydrogens is 208 g/mol. The molecule has 0 saturated carbocycles. The number of carbonyl (C=O) groups is 2. The molecule has 0 heterocycles. The van der Waals surface area contributed by atoms with Crippen molar-refractivity contribution in [2.45, 2.75) is 27.2 Å². The Kier molecular flexibility index (Phi) is 6.59. The number of rotatable bonds is 2. The molecule has 1 rings (SSSR count). The minimum Gasteiger partial charge on any atom is -0.478 e. The first kappa shape index (κ1) is 14.2. The van der Waals surface area contributed by atoms with Crippen LogP contribution in [0.25, 0.3) is 0 Å². The van der Waals surface area contributed by atoms with Crippen LogP contribution in [0.5, 0.6) is 5.75 Å². The first-order valence-electron chi connectivity index (χ1n) is 5.03. The average Bonchev–Trinajstić information content (AvgIpc) is 2.18. The molecule has 0 fully saturated rings. The molecule has 0 amide bonds. The van der Waals surface area contributed by atoms with Gasteiger partial charge < -0.3 is 9.84 Å². The zero-order valence-electron chi connectivity index (χ0n) is 9.69. The van der Waals surface area contributed by atoms with Crippen molar-refractivity contribution in [1.29, 1.82) is 0 Å². The number of hydrogen-bond donors (Lipinski definition) is 1. The fraction of sp³-hybridized carbons (Fsp3) is 0.333. The minimum atomic E-state index is -1.01. The summed E-state index contributed by atoms with van der Waals surface area (Å²) in [6, 6.07) is 5.62. The highest BCUT2D eigenvalue weighted by Crippen LogP contribution is 2.11. The maximum atomic E-state index is 10.5. The van der Waals surface area contributed by atoms with E-state index in [0.717, 1.165) is 0 Å². The van der Waals surface area contributed by atoms with Gasteiger partial charge in [0.15, 0.2) is 0 Å². The Hall–Kier alpha value is -1.84. The van der Waals surface area contributed by atoms with Gasteiger partial charge in [0, 0.05) is 6.92 Å². The van der Waals surface area contributed by atoms with Crippen LogP contribution in [-0.2, 0) is 4.79 Å². The van der Waals surface area contributed by atoms with E-state index in [1.54, 1.807) is 0 Å². The van der Waals surface area contributed by atoms with Crippen LogP contribution in [0.15, 0.2) is 24.3 Å². The first-order valence-corrected chi connectivity index (χ1v) is 5.03. The zero-order valence-corrected chi connectivity index (χ0v) is 9.69. The van der Waals surface area contributed by atoms with E-state index in [4.69, 9.17) is 9.84 Å². The molecule has 0 aliphatic carbocycles. The van der Waals surface area contributed by atoms with E-state index >= 15 is 0 Å². The molecule has 88 valence electrons. The molecule has 4 heteroatoms. The number of carboxylic acid groups (broad SMARTS) is 1. The van der Waals surface area contributed by atoms with Crippen molar-refractivity contribution in [1.82, 2.24) is 0 Å². The summed E-state index contributed by atoms with van der Waals surface area (Å²) in [5, 5.41) is 8.55. The molecule has 1 aromatic rings. The van der Waals surface area contributed by atoms with Crippen LogP contribution in [0.3, 0.4) is 0 Å². The van der Waals surface area contributed by atoms with Gasteiger partial charge in [0.25, 0.3) is 0 Å². The van der Waals surface area contributed by atoms with E-state index in [1.807, 2.05) is 0 Å². The average molecular weight is 224 g/mol. The van der Waals surface area contributed by atoms with Crippen LogP contribution >= 0.6 is 0 Å². The third-order valence-electron chi connectivity index (χ3n) is 1.36. The van der Waals surface area contributed by atoms with Crippen molar-refractivity contribution < 1.29 is 19.4 Å².